The summed E-state index contributed by atoms with van der Waals surface area (Å²) in [6, 6.07) is 4.17. The van der Waals surface area contributed by atoms with Gasteiger partial charge in [-0.2, -0.15) is 0 Å². The maximum Gasteiger partial charge on any atom is 0.142 e. The van der Waals surface area contributed by atoms with Crippen LogP contribution in [0.5, 0.6) is 5.75 Å². The molecule has 0 aliphatic rings. The molecule has 1 aromatic heterocycles. The Morgan fingerprint density at radius 3 is 2.74 bits per heavy atom. The third-order valence-corrected chi connectivity index (χ3v) is 3.77. The molecule has 0 saturated carbocycles. The van der Waals surface area contributed by atoms with Crippen molar-refractivity contribution in [1.82, 2.24) is 4.98 Å². The van der Waals surface area contributed by atoms with E-state index in [2.05, 4.69) is 24.9 Å². The van der Waals surface area contributed by atoms with Crippen molar-refractivity contribution in [2.24, 2.45) is 5.73 Å². The predicted molar refractivity (Wildman–Crippen MR) is 78.1 cm³/mol. The molecule has 0 spiro atoms. The van der Waals surface area contributed by atoms with Crippen LogP contribution in [-0.4, -0.2) is 10.8 Å². The van der Waals surface area contributed by atoms with E-state index < -0.39 is 0 Å². The second-order valence-corrected chi connectivity index (χ2v) is 5.48. The quantitative estimate of drug-likeness (QED) is 0.665. The number of nitrogens with zero attached hydrogens (tertiary/aromatic N) is 1. The third-order valence-electron chi connectivity index (χ3n) is 2.94. The zero-order valence-corrected chi connectivity index (χ0v) is 12.1. The van der Waals surface area contributed by atoms with Crippen LogP contribution in [-0.2, 0) is 6.61 Å². The highest BCUT2D eigenvalue weighted by Crippen LogP contribution is 2.24. The second-order valence-electron chi connectivity index (χ2n) is 4.53. The van der Waals surface area contributed by atoms with E-state index in [1.54, 1.807) is 5.38 Å². The van der Waals surface area contributed by atoms with Crippen molar-refractivity contribution in [3.63, 3.8) is 0 Å². The molecule has 0 saturated heterocycles. The van der Waals surface area contributed by atoms with E-state index in [4.69, 9.17) is 15.9 Å². The Morgan fingerprint density at radius 1 is 1.37 bits per heavy atom. The summed E-state index contributed by atoms with van der Waals surface area (Å²) < 4.78 is 5.81. The minimum atomic E-state index is -0.00918. The molecule has 5 heteroatoms. The highest BCUT2D eigenvalue weighted by atomic mass is 32.1. The lowest BCUT2D eigenvalue weighted by atomic mass is 10.1. The number of rotatable bonds is 4. The Hall–Kier alpha value is -1.88. The van der Waals surface area contributed by atoms with Gasteiger partial charge >= 0.3 is 0 Å². The number of hydrogen-bond acceptors (Lipinski definition) is 4. The number of hydrogen-bond donors (Lipinski definition) is 2. The van der Waals surface area contributed by atoms with Gasteiger partial charge in [0.1, 0.15) is 28.9 Å². The molecule has 0 aliphatic carbocycles. The summed E-state index contributed by atoms with van der Waals surface area (Å²) in [5.41, 5.74) is 9.45. The lowest BCUT2D eigenvalue weighted by Crippen LogP contribution is -2.11. The van der Waals surface area contributed by atoms with Crippen molar-refractivity contribution in [1.29, 1.82) is 5.41 Å². The molecular weight excluding hydrogens is 258 g/mol. The summed E-state index contributed by atoms with van der Waals surface area (Å²) in [7, 11) is 0. The smallest absolute Gasteiger partial charge is 0.142 e. The molecule has 1 aromatic carbocycles. The summed E-state index contributed by atoms with van der Waals surface area (Å²) in [5, 5.41) is 9.91. The average molecular weight is 275 g/mol. The lowest BCUT2D eigenvalue weighted by molar-refractivity contribution is 0.303. The molecule has 0 amide bonds. The SMILES string of the molecule is Cc1cc(C)c(C)c(OCc2nc(C(=N)N)cs2)c1. The fourth-order valence-corrected chi connectivity index (χ4v) is 2.50. The summed E-state index contributed by atoms with van der Waals surface area (Å²) in [4.78, 5) is 4.24. The van der Waals surface area contributed by atoms with E-state index in [0.29, 0.717) is 12.3 Å². The molecule has 100 valence electrons. The van der Waals surface area contributed by atoms with Gasteiger partial charge in [-0.05, 0) is 43.5 Å². The standard InChI is InChI=1S/C14H17N3OS/c1-8-4-9(2)10(3)12(5-8)18-6-13-17-11(7-19-13)14(15)16/h4-5,7H,6H2,1-3H3,(H3,15,16). The van der Waals surface area contributed by atoms with Crippen LogP contribution in [0, 0.1) is 26.2 Å². The number of ether oxygens (including phenoxy) is 1. The van der Waals surface area contributed by atoms with Gasteiger partial charge in [0, 0.05) is 5.38 Å². The fraction of sp³-hybridized carbons (Fsp3) is 0.286. The maximum atomic E-state index is 7.32. The summed E-state index contributed by atoms with van der Waals surface area (Å²) >= 11 is 1.45. The van der Waals surface area contributed by atoms with Gasteiger partial charge in [0.2, 0.25) is 0 Å². The van der Waals surface area contributed by atoms with Crippen molar-refractivity contribution in [3.8, 4) is 5.75 Å². The van der Waals surface area contributed by atoms with Gasteiger partial charge in [-0.15, -0.1) is 11.3 Å². The molecule has 1 heterocycles. The van der Waals surface area contributed by atoms with Gasteiger partial charge in [0.25, 0.3) is 0 Å². The Kier molecular flexibility index (Phi) is 3.85. The van der Waals surface area contributed by atoms with Gasteiger partial charge in [-0.1, -0.05) is 6.07 Å². The zero-order chi connectivity index (χ0) is 14.0. The summed E-state index contributed by atoms with van der Waals surface area (Å²) in [6.07, 6.45) is 0. The first kappa shape index (κ1) is 13.5. The van der Waals surface area contributed by atoms with Gasteiger partial charge in [-0.25, -0.2) is 4.98 Å². The van der Waals surface area contributed by atoms with Crippen molar-refractivity contribution in [2.45, 2.75) is 27.4 Å². The third kappa shape index (κ3) is 3.12. The van der Waals surface area contributed by atoms with E-state index in [0.717, 1.165) is 16.3 Å². The van der Waals surface area contributed by atoms with Gasteiger partial charge < -0.3 is 10.5 Å². The maximum absolute atomic E-state index is 7.32. The minimum absolute atomic E-state index is 0.00918. The molecule has 0 bridgehead atoms. The first-order chi connectivity index (χ1) is 8.97. The number of aromatic nitrogens is 1. The van der Waals surface area contributed by atoms with Crippen molar-refractivity contribution < 1.29 is 4.74 Å². The van der Waals surface area contributed by atoms with Crippen LogP contribution in [0.25, 0.3) is 0 Å². The lowest BCUT2D eigenvalue weighted by Gasteiger charge is -2.11. The van der Waals surface area contributed by atoms with Crippen LogP contribution in [0.3, 0.4) is 0 Å². The monoisotopic (exact) mass is 275 g/mol. The molecule has 0 radical (unpaired) electrons. The Bertz CT molecular complexity index is 619. The van der Waals surface area contributed by atoms with Crippen molar-refractivity contribution in [3.05, 3.63) is 44.9 Å². The number of nitrogen functional groups attached to an aromatic ring is 1. The highest BCUT2D eigenvalue weighted by molar-refractivity contribution is 7.09. The Balaban J connectivity index is 2.12. The van der Waals surface area contributed by atoms with Crippen LogP contribution >= 0.6 is 11.3 Å². The molecule has 0 fully saturated rings. The zero-order valence-electron chi connectivity index (χ0n) is 11.3. The average Bonchev–Trinajstić information content (AvgIpc) is 2.81. The second kappa shape index (κ2) is 5.40. The van der Waals surface area contributed by atoms with Gasteiger partial charge in [-0.3, -0.25) is 5.41 Å². The normalized spacial score (nSPS) is 10.5. The van der Waals surface area contributed by atoms with Crippen LogP contribution < -0.4 is 10.5 Å². The molecule has 2 rings (SSSR count). The van der Waals surface area contributed by atoms with E-state index >= 15 is 0 Å². The van der Waals surface area contributed by atoms with Gasteiger partial charge in [0.15, 0.2) is 0 Å². The van der Waals surface area contributed by atoms with E-state index in [9.17, 15) is 0 Å². The first-order valence-electron chi connectivity index (χ1n) is 5.97. The van der Waals surface area contributed by atoms with Crippen LogP contribution in [0.4, 0.5) is 0 Å². The molecule has 0 unspecified atom stereocenters. The number of nitrogens with two attached hydrogens (primary N) is 1. The summed E-state index contributed by atoms with van der Waals surface area (Å²) in [6.45, 7) is 6.58. The molecule has 3 N–H and O–H groups in total. The number of thiazole rings is 1. The number of benzene rings is 1. The molecule has 2 aromatic rings. The predicted octanol–water partition coefficient (Wildman–Crippen LogP) is 2.93. The summed E-state index contributed by atoms with van der Waals surface area (Å²) in [5.74, 6) is 0.877. The molecule has 4 nitrogen and oxygen atoms in total. The van der Waals surface area contributed by atoms with E-state index in [-0.39, 0.29) is 5.84 Å². The van der Waals surface area contributed by atoms with E-state index in [1.165, 1.54) is 22.5 Å². The Labute approximate surface area is 116 Å². The molecule has 19 heavy (non-hydrogen) atoms. The number of amidine groups is 1. The largest absolute Gasteiger partial charge is 0.486 e. The van der Waals surface area contributed by atoms with Crippen LogP contribution in [0.2, 0.25) is 0 Å². The fourth-order valence-electron chi connectivity index (χ4n) is 1.79. The number of nitrogens with one attached hydrogen (secondary N) is 1. The van der Waals surface area contributed by atoms with Crippen molar-refractivity contribution >= 4 is 17.2 Å². The highest BCUT2D eigenvalue weighted by Gasteiger charge is 2.07. The topological polar surface area (TPSA) is 72.0 Å². The molecule has 0 atom stereocenters. The first-order valence-corrected chi connectivity index (χ1v) is 6.85. The van der Waals surface area contributed by atoms with Gasteiger partial charge in [0.05, 0.1) is 0 Å². The number of aryl methyl sites for hydroxylation is 2. The molecule has 0 aliphatic heterocycles. The minimum Gasteiger partial charge on any atom is -0.486 e. The van der Waals surface area contributed by atoms with Crippen LogP contribution in [0.1, 0.15) is 27.4 Å². The van der Waals surface area contributed by atoms with Crippen LogP contribution in [0.15, 0.2) is 17.5 Å². The van der Waals surface area contributed by atoms with E-state index in [1.807, 2.05) is 13.0 Å². The Morgan fingerprint density at radius 2 is 2.11 bits per heavy atom. The molecular formula is C14H17N3OS. The van der Waals surface area contributed by atoms with Crippen molar-refractivity contribution in [2.75, 3.05) is 0 Å².